The second-order valence-corrected chi connectivity index (χ2v) is 6.76. The van der Waals surface area contributed by atoms with E-state index < -0.39 is 0 Å². The Balaban J connectivity index is 2.20. The molecule has 3 N–H and O–H groups in total. The number of hydrogen-bond donors (Lipinski definition) is 3. The van der Waals surface area contributed by atoms with E-state index in [1.54, 1.807) is 0 Å². The van der Waals surface area contributed by atoms with Crippen molar-refractivity contribution in [3.05, 3.63) is 27.9 Å². The summed E-state index contributed by atoms with van der Waals surface area (Å²) in [5.74, 6) is 0. The molecule has 19 heavy (non-hydrogen) atoms. The van der Waals surface area contributed by atoms with Gasteiger partial charge in [-0.1, -0.05) is 0 Å². The van der Waals surface area contributed by atoms with Crippen molar-refractivity contribution in [2.45, 2.75) is 32.1 Å². The smallest absolute Gasteiger partial charge is 0.275 e. The molecule has 2 aromatic heterocycles. The van der Waals surface area contributed by atoms with Crippen molar-refractivity contribution in [3.63, 3.8) is 0 Å². The highest BCUT2D eigenvalue weighted by Crippen LogP contribution is 2.21. The maximum Gasteiger partial charge on any atom is 0.275 e. The molecule has 0 atom stereocenters. The zero-order chi connectivity index (χ0) is 14.0. The van der Waals surface area contributed by atoms with Gasteiger partial charge < -0.3 is 15.3 Å². The van der Waals surface area contributed by atoms with Gasteiger partial charge in [0.2, 0.25) is 0 Å². The molecule has 0 spiro atoms. The van der Waals surface area contributed by atoms with Gasteiger partial charge in [0.25, 0.3) is 5.56 Å². The lowest BCUT2D eigenvalue weighted by atomic mass is 10.2. The Morgan fingerprint density at radius 3 is 2.89 bits per heavy atom. The fourth-order valence-corrected chi connectivity index (χ4v) is 2.21. The summed E-state index contributed by atoms with van der Waals surface area (Å²) in [7, 11) is 0. The molecule has 0 radical (unpaired) electrons. The molecule has 0 aliphatic carbocycles. The standard InChI is InChI=1S/C13H20N4OS/c1-8-9(5-14-6-13(2,3)19-4)10-11(17-8)12(18)16-7-15-10/h7,14,17H,5-6H2,1-4H3,(H,15,16,18). The molecule has 0 saturated carbocycles. The van der Waals surface area contributed by atoms with Gasteiger partial charge in [-0.25, -0.2) is 4.98 Å². The summed E-state index contributed by atoms with van der Waals surface area (Å²) in [6, 6.07) is 0. The quantitative estimate of drug-likeness (QED) is 0.780. The molecule has 0 aliphatic heterocycles. The minimum absolute atomic E-state index is 0.121. The first-order valence-corrected chi connectivity index (χ1v) is 7.48. The molecule has 2 heterocycles. The van der Waals surface area contributed by atoms with Gasteiger partial charge in [0.05, 0.1) is 6.33 Å². The lowest BCUT2D eigenvalue weighted by Gasteiger charge is -2.22. The van der Waals surface area contributed by atoms with Gasteiger partial charge in [-0.05, 0) is 27.0 Å². The van der Waals surface area contributed by atoms with Gasteiger partial charge in [0.15, 0.2) is 0 Å². The molecular weight excluding hydrogens is 260 g/mol. The molecule has 104 valence electrons. The van der Waals surface area contributed by atoms with Crippen molar-refractivity contribution in [2.24, 2.45) is 0 Å². The molecule has 0 amide bonds. The molecule has 6 heteroatoms. The van der Waals surface area contributed by atoms with Gasteiger partial charge in [-0.2, -0.15) is 11.8 Å². The van der Waals surface area contributed by atoms with Crippen molar-refractivity contribution in [2.75, 3.05) is 12.8 Å². The molecule has 2 rings (SSSR count). The average Bonchev–Trinajstić information content (AvgIpc) is 2.68. The summed E-state index contributed by atoms with van der Waals surface area (Å²) in [5.41, 5.74) is 3.26. The number of rotatable bonds is 5. The van der Waals surface area contributed by atoms with Crippen LogP contribution in [0.2, 0.25) is 0 Å². The first-order chi connectivity index (χ1) is 8.94. The zero-order valence-corrected chi connectivity index (χ0v) is 12.6. The van der Waals surface area contributed by atoms with Crippen LogP contribution >= 0.6 is 11.8 Å². The summed E-state index contributed by atoms with van der Waals surface area (Å²) < 4.78 is 0.199. The summed E-state index contributed by atoms with van der Waals surface area (Å²) in [5, 5.41) is 3.44. The van der Waals surface area contributed by atoms with Crippen LogP contribution < -0.4 is 10.9 Å². The van der Waals surface area contributed by atoms with Crippen LogP contribution in [0.3, 0.4) is 0 Å². The van der Waals surface area contributed by atoms with Gasteiger partial charge in [0.1, 0.15) is 11.0 Å². The molecule has 0 unspecified atom stereocenters. The lowest BCUT2D eigenvalue weighted by Crippen LogP contribution is -2.31. The van der Waals surface area contributed by atoms with Crippen LogP contribution in [-0.2, 0) is 6.54 Å². The fraction of sp³-hybridized carbons (Fsp3) is 0.538. The van der Waals surface area contributed by atoms with Crippen molar-refractivity contribution in [1.29, 1.82) is 0 Å². The van der Waals surface area contributed by atoms with E-state index in [-0.39, 0.29) is 10.3 Å². The third-order valence-corrected chi connectivity index (χ3v) is 4.56. The monoisotopic (exact) mass is 280 g/mol. The average molecular weight is 280 g/mol. The Kier molecular flexibility index (Phi) is 4.01. The van der Waals surface area contributed by atoms with Crippen LogP contribution in [0.15, 0.2) is 11.1 Å². The van der Waals surface area contributed by atoms with E-state index >= 15 is 0 Å². The van der Waals surface area contributed by atoms with E-state index in [1.165, 1.54) is 6.33 Å². The van der Waals surface area contributed by atoms with Crippen LogP contribution in [0.25, 0.3) is 11.0 Å². The number of nitrogens with one attached hydrogen (secondary N) is 3. The normalized spacial score (nSPS) is 12.2. The molecule has 2 aromatic rings. The fourth-order valence-electron chi connectivity index (χ4n) is 1.96. The Morgan fingerprint density at radius 2 is 2.21 bits per heavy atom. The van der Waals surface area contributed by atoms with Crippen LogP contribution in [0.1, 0.15) is 25.1 Å². The lowest BCUT2D eigenvalue weighted by molar-refractivity contribution is 0.591. The van der Waals surface area contributed by atoms with Gasteiger partial charge in [-0.15, -0.1) is 0 Å². The largest absolute Gasteiger partial charge is 0.353 e. The van der Waals surface area contributed by atoms with Crippen LogP contribution in [0, 0.1) is 6.92 Å². The molecule has 0 saturated heterocycles. The molecule has 0 fully saturated rings. The first-order valence-electron chi connectivity index (χ1n) is 6.25. The third-order valence-electron chi connectivity index (χ3n) is 3.31. The number of thioether (sulfide) groups is 1. The van der Waals surface area contributed by atoms with Gasteiger partial charge >= 0.3 is 0 Å². The SMILES string of the molecule is CSC(C)(C)CNCc1c(C)[nH]c2c(=O)[nH]cnc12. The molecule has 0 aliphatic rings. The third kappa shape index (κ3) is 3.01. The number of H-pyrrole nitrogens is 2. The van der Waals surface area contributed by atoms with E-state index in [4.69, 9.17) is 0 Å². The second kappa shape index (κ2) is 5.38. The van der Waals surface area contributed by atoms with Crippen LogP contribution in [-0.4, -0.2) is 32.5 Å². The Hall–Kier alpha value is -1.27. The van der Waals surface area contributed by atoms with Crippen LogP contribution in [0.5, 0.6) is 0 Å². The first kappa shape index (κ1) is 14.1. The second-order valence-electron chi connectivity index (χ2n) is 5.25. The zero-order valence-electron chi connectivity index (χ0n) is 11.8. The predicted molar refractivity (Wildman–Crippen MR) is 80.8 cm³/mol. The van der Waals surface area contributed by atoms with E-state index in [1.807, 2.05) is 18.7 Å². The molecule has 5 nitrogen and oxygen atoms in total. The molecular formula is C13H20N4OS. The summed E-state index contributed by atoms with van der Waals surface area (Å²) in [6.07, 6.45) is 3.56. The highest BCUT2D eigenvalue weighted by molar-refractivity contribution is 7.99. The highest BCUT2D eigenvalue weighted by atomic mass is 32.2. The maximum absolute atomic E-state index is 11.7. The van der Waals surface area contributed by atoms with E-state index in [0.717, 1.165) is 23.3 Å². The summed E-state index contributed by atoms with van der Waals surface area (Å²) in [4.78, 5) is 21.6. The van der Waals surface area contributed by atoms with Crippen molar-refractivity contribution >= 4 is 22.8 Å². The summed E-state index contributed by atoms with van der Waals surface area (Å²) >= 11 is 1.83. The number of hydrogen-bond acceptors (Lipinski definition) is 4. The van der Waals surface area contributed by atoms with Gasteiger partial charge in [0, 0.05) is 29.1 Å². The number of aryl methyl sites for hydroxylation is 1. The number of aromatic amines is 2. The number of aromatic nitrogens is 3. The van der Waals surface area contributed by atoms with E-state index in [2.05, 4.69) is 40.4 Å². The number of nitrogens with zero attached hydrogens (tertiary/aromatic N) is 1. The van der Waals surface area contributed by atoms with E-state index in [9.17, 15) is 4.79 Å². The van der Waals surface area contributed by atoms with Crippen molar-refractivity contribution < 1.29 is 0 Å². The van der Waals surface area contributed by atoms with Crippen LogP contribution in [0.4, 0.5) is 0 Å². The molecule has 0 bridgehead atoms. The minimum atomic E-state index is -0.121. The highest BCUT2D eigenvalue weighted by Gasteiger charge is 2.16. The van der Waals surface area contributed by atoms with E-state index in [0.29, 0.717) is 12.1 Å². The Morgan fingerprint density at radius 1 is 1.47 bits per heavy atom. The number of fused-ring (bicyclic) bond motifs is 1. The maximum atomic E-state index is 11.7. The van der Waals surface area contributed by atoms with Crippen molar-refractivity contribution in [1.82, 2.24) is 20.3 Å². The van der Waals surface area contributed by atoms with Gasteiger partial charge in [-0.3, -0.25) is 4.79 Å². The predicted octanol–water partition coefficient (Wildman–Crippen LogP) is 1.79. The van der Waals surface area contributed by atoms with Crippen molar-refractivity contribution in [3.8, 4) is 0 Å². The topological polar surface area (TPSA) is 73.6 Å². The minimum Gasteiger partial charge on any atom is -0.353 e. The molecule has 0 aromatic carbocycles. The summed E-state index contributed by atoms with van der Waals surface area (Å²) in [6.45, 7) is 8.00. The Bertz CT molecular complexity index is 629. The Labute approximate surface area is 116 Å².